The van der Waals surface area contributed by atoms with E-state index in [1.165, 1.54) is 11.8 Å². The third-order valence-corrected chi connectivity index (χ3v) is 10.4. The van der Waals surface area contributed by atoms with Crippen molar-refractivity contribution in [1.82, 2.24) is 4.90 Å². The summed E-state index contributed by atoms with van der Waals surface area (Å²) in [5.41, 5.74) is 2.82. The number of para-hydroxylation sites is 1. The number of fused-ring (bicyclic) bond motifs is 2. The van der Waals surface area contributed by atoms with Gasteiger partial charge in [0.2, 0.25) is 5.91 Å². The van der Waals surface area contributed by atoms with E-state index in [1.54, 1.807) is 9.80 Å². The van der Waals surface area contributed by atoms with Gasteiger partial charge in [-0.15, -0.1) is 11.8 Å². The van der Waals surface area contributed by atoms with Crippen molar-refractivity contribution in [3.8, 4) is 0 Å². The van der Waals surface area contributed by atoms with Gasteiger partial charge >= 0.3 is 5.97 Å². The second kappa shape index (κ2) is 9.95. The minimum atomic E-state index is -0.927. The molecule has 7 atom stereocenters. The van der Waals surface area contributed by atoms with Gasteiger partial charge in [-0.3, -0.25) is 14.4 Å². The summed E-state index contributed by atoms with van der Waals surface area (Å²) in [5.74, 6) is -2.22. The molecule has 7 nitrogen and oxygen atoms in total. The van der Waals surface area contributed by atoms with E-state index in [0.29, 0.717) is 13.0 Å². The van der Waals surface area contributed by atoms with Crippen LogP contribution in [0.5, 0.6) is 0 Å². The van der Waals surface area contributed by atoms with Crippen LogP contribution in [-0.2, 0) is 19.1 Å². The van der Waals surface area contributed by atoms with E-state index in [1.807, 2.05) is 70.2 Å². The Kier molecular flexibility index (Phi) is 7.00. The van der Waals surface area contributed by atoms with Crippen LogP contribution in [0.3, 0.4) is 0 Å². The van der Waals surface area contributed by atoms with Gasteiger partial charge in [-0.05, 0) is 37.3 Å². The summed E-state index contributed by atoms with van der Waals surface area (Å²) in [5, 5.41) is 10.2. The Bertz CT molecular complexity index is 1140. The number of carbonyl (C=O) groups excluding carboxylic acids is 3. The Labute approximate surface area is 222 Å². The molecule has 0 bridgehead atoms. The molecule has 4 heterocycles. The SMILES string of the molecule is CC[C@H](C)[C@H](CO)N1C(=O)[C@@H]2[C@@H]3C(=O)OCCC=C[C@@H]3S[C@@]23C=CCN(c2c(C)cccc2C)C(=O)C13. The quantitative estimate of drug-likeness (QED) is 0.469. The maximum absolute atomic E-state index is 14.6. The highest BCUT2D eigenvalue weighted by molar-refractivity contribution is 8.02. The molecule has 1 N–H and O–H groups in total. The van der Waals surface area contributed by atoms with Crippen LogP contribution in [0.25, 0.3) is 0 Å². The number of likely N-dealkylation sites (tertiary alicyclic amines) is 1. The lowest BCUT2D eigenvalue weighted by molar-refractivity contribution is -0.153. The van der Waals surface area contributed by atoms with Crippen molar-refractivity contribution in [1.29, 1.82) is 0 Å². The predicted octanol–water partition coefficient (Wildman–Crippen LogP) is 3.41. The maximum Gasteiger partial charge on any atom is 0.311 e. The zero-order valence-corrected chi connectivity index (χ0v) is 22.7. The summed E-state index contributed by atoms with van der Waals surface area (Å²) in [6.07, 6.45) is 9.38. The lowest BCUT2D eigenvalue weighted by Crippen LogP contribution is -2.58. The van der Waals surface area contributed by atoms with Crippen LogP contribution in [0.4, 0.5) is 5.69 Å². The molecule has 2 saturated heterocycles. The molecule has 0 aliphatic carbocycles. The Morgan fingerprint density at radius 2 is 1.89 bits per heavy atom. The standard InChI is InChI=1S/C29H36N2O5S/c1-5-17(2)20(16-32)31-25-27(34)30(24-18(3)10-8-11-19(24)4)14-9-13-29(25)23(26(31)33)22-21(37-29)12-6-7-15-36-28(22)35/h6,8-13,17,20-23,25,32H,5,7,14-16H2,1-4H3/t17-,20-,21-,22+,23-,25?,29-/m0/s1. The largest absolute Gasteiger partial charge is 0.465 e. The second-order valence-corrected chi connectivity index (χ2v) is 12.2. The molecule has 0 radical (unpaired) electrons. The van der Waals surface area contributed by atoms with Gasteiger partial charge in [-0.1, -0.05) is 62.8 Å². The van der Waals surface area contributed by atoms with Crippen LogP contribution in [0.1, 0.15) is 37.8 Å². The van der Waals surface area contributed by atoms with Crippen molar-refractivity contribution in [3.63, 3.8) is 0 Å². The first kappa shape index (κ1) is 26.0. The number of ether oxygens (including phenoxy) is 1. The number of hydrogen-bond acceptors (Lipinski definition) is 6. The zero-order valence-electron chi connectivity index (χ0n) is 21.9. The third-order valence-electron chi connectivity index (χ3n) is 8.61. The number of aliphatic hydroxyl groups is 1. The smallest absolute Gasteiger partial charge is 0.311 e. The summed E-state index contributed by atoms with van der Waals surface area (Å²) >= 11 is 1.53. The molecule has 0 aromatic heterocycles. The number of carbonyl (C=O) groups is 3. The number of thioether (sulfide) groups is 1. The summed E-state index contributed by atoms with van der Waals surface area (Å²) in [6.45, 7) is 8.41. The average molecular weight is 525 g/mol. The van der Waals surface area contributed by atoms with Crippen molar-refractivity contribution in [2.45, 2.75) is 62.6 Å². The highest BCUT2D eigenvalue weighted by Gasteiger charge is 2.72. The van der Waals surface area contributed by atoms with Crippen LogP contribution < -0.4 is 4.90 Å². The Morgan fingerprint density at radius 1 is 1.16 bits per heavy atom. The molecule has 5 rings (SSSR count). The van der Waals surface area contributed by atoms with Gasteiger partial charge in [0.1, 0.15) is 6.04 Å². The summed E-state index contributed by atoms with van der Waals surface area (Å²) in [7, 11) is 0. The Balaban J connectivity index is 1.69. The molecule has 4 aliphatic rings. The number of benzene rings is 1. The molecule has 198 valence electrons. The van der Waals surface area contributed by atoms with Gasteiger partial charge in [0.15, 0.2) is 0 Å². The first-order valence-electron chi connectivity index (χ1n) is 13.3. The zero-order chi connectivity index (χ0) is 26.5. The molecule has 4 aliphatic heterocycles. The predicted molar refractivity (Wildman–Crippen MR) is 144 cm³/mol. The molecular formula is C29H36N2O5S. The van der Waals surface area contributed by atoms with E-state index in [9.17, 15) is 19.5 Å². The number of aliphatic hydroxyl groups excluding tert-OH is 1. The van der Waals surface area contributed by atoms with E-state index >= 15 is 0 Å². The van der Waals surface area contributed by atoms with Crippen LogP contribution in [-0.4, -0.2) is 69.6 Å². The van der Waals surface area contributed by atoms with Crippen molar-refractivity contribution in [2.24, 2.45) is 17.8 Å². The fourth-order valence-electron chi connectivity index (χ4n) is 6.65. The van der Waals surface area contributed by atoms with Crippen molar-refractivity contribution >= 4 is 35.2 Å². The van der Waals surface area contributed by atoms with E-state index in [-0.39, 0.29) is 42.2 Å². The number of hydrogen-bond donors (Lipinski definition) is 1. The number of cyclic esters (lactones) is 1. The molecule has 2 fully saturated rings. The molecule has 2 amide bonds. The number of amides is 2. The Morgan fingerprint density at radius 3 is 2.57 bits per heavy atom. The molecular weight excluding hydrogens is 488 g/mol. The fourth-order valence-corrected chi connectivity index (χ4v) is 8.64. The van der Waals surface area contributed by atoms with Crippen molar-refractivity contribution < 1.29 is 24.2 Å². The van der Waals surface area contributed by atoms with Crippen molar-refractivity contribution in [2.75, 3.05) is 24.7 Å². The Hall–Kier alpha value is -2.58. The van der Waals surface area contributed by atoms with Crippen LogP contribution >= 0.6 is 11.8 Å². The molecule has 1 aromatic rings. The minimum absolute atomic E-state index is 0.0246. The topological polar surface area (TPSA) is 87.2 Å². The van der Waals surface area contributed by atoms with Gasteiger partial charge in [0.05, 0.1) is 35.8 Å². The van der Waals surface area contributed by atoms with Crippen LogP contribution in [0, 0.1) is 31.6 Å². The third kappa shape index (κ3) is 3.95. The summed E-state index contributed by atoms with van der Waals surface area (Å²) in [4.78, 5) is 45.7. The van der Waals surface area contributed by atoms with E-state index in [0.717, 1.165) is 23.2 Å². The highest BCUT2D eigenvalue weighted by Crippen LogP contribution is 2.61. The average Bonchev–Trinajstić information content (AvgIpc) is 3.24. The summed E-state index contributed by atoms with van der Waals surface area (Å²) in [6, 6.07) is 4.58. The molecule has 37 heavy (non-hydrogen) atoms. The number of rotatable bonds is 5. The monoisotopic (exact) mass is 524 g/mol. The molecule has 0 saturated carbocycles. The van der Waals surface area contributed by atoms with Crippen molar-refractivity contribution in [3.05, 3.63) is 53.6 Å². The summed E-state index contributed by atoms with van der Waals surface area (Å²) < 4.78 is 4.63. The molecule has 1 spiro atoms. The van der Waals surface area contributed by atoms with Gasteiger partial charge in [0.25, 0.3) is 5.91 Å². The lowest BCUT2D eigenvalue weighted by Gasteiger charge is -2.40. The number of anilines is 1. The fraction of sp³-hybridized carbons (Fsp3) is 0.552. The van der Waals surface area contributed by atoms with E-state index in [4.69, 9.17) is 4.74 Å². The maximum atomic E-state index is 14.6. The van der Waals surface area contributed by atoms with E-state index in [2.05, 4.69) is 0 Å². The number of esters is 1. The van der Waals surface area contributed by atoms with Gasteiger partial charge in [0, 0.05) is 17.5 Å². The van der Waals surface area contributed by atoms with Gasteiger partial charge < -0.3 is 19.6 Å². The molecule has 1 aromatic carbocycles. The number of nitrogens with zero attached hydrogens (tertiary/aromatic N) is 2. The first-order valence-corrected chi connectivity index (χ1v) is 14.1. The molecule has 1 unspecified atom stereocenters. The lowest BCUT2D eigenvalue weighted by atomic mass is 9.78. The highest BCUT2D eigenvalue weighted by atomic mass is 32.2. The van der Waals surface area contributed by atoms with Crippen LogP contribution in [0.15, 0.2) is 42.5 Å². The van der Waals surface area contributed by atoms with E-state index < -0.39 is 28.7 Å². The van der Waals surface area contributed by atoms with Crippen LogP contribution in [0.2, 0.25) is 0 Å². The van der Waals surface area contributed by atoms with Gasteiger partial charge in [-0.25, -0.2) is 0 Å². The number of aryl methyl sites for hydroxylation is 2. The van der Waals surface area contributed by atoms with Gasteiger partial charge in [-0.2, -0.15) is 0 Å². The molecule has 8 heteroatoms. The second-order valence-electron chi connectivity index (χ2n) is 10.7. The first-order chi connectivity index (χ1) is 17.8. The minimum Gasteiger partial charge on any atom is -0.465 e. The normalized spacial score (nSPS) is 32.7.